The number of isocyanates is 1. The summed E-state index contributed by atoms with van der Waals surface area (Å²) in [7, 11) is -4.29. The van der Waals surface area contributed by atoms with Crippen molar-refractivity contribution in [1.29, 1.82) is 5.26 Å². The SMILES string of the molecule is N#Cc1ccc(OS(=O)(=O)N=C=O)cc1. The summed E-state index contributed by atoms with van der Waals surface area (Å²) in [5.41, 5.74) is 0.360. The molecule has 1 aromatic rings. The number of nitrogens with zero attached hydrogens (tertiary/aromatic N) is 2. The highest BCUT2D eigenvalue weighted by Crippen LogP contribution is 2.14. The first-order valence-electron chi connectivity index (χ1n) is 3.61. The Balaban J connectivity index is 2.92. The first kappa shape index (κ1) is 10.9. The molecule has 0 N–H and O–H groups in total. The zero-order chi connectivity index (χ0) is 11.3. The fourth-order valence-electron chi connectivity index (χ4n) is 0.771. The van der Waals surface area contributed by atoms with Crippen LogP contribution in [0.15, 0.2) is 28.7 Å². The van der Waals surface area contributed by atoms with Crippen molar-refractivity contribution >= 4 is 16.4 Å². The van der Waals surface area contributed by atoms with E-state index in [1.807, 2.05) is 6.07 Å². The van der Waals surface area contributed by atoms with Crippen LogP contribution in [0.2, 0.25) is 0 Å². The van der Waals surface area contributed by atoms with Crippen molar-refractivity contribution in [3.8, 4) is 11.8 Å². The Bertz CT molecular complexity index is 535. The normalized spacial score (nSPS) is 9.80. The van der Waals surface area contributed by atoms with Crippen molar-refractivity contribution in [3.63, 3.8) is 0 Å². The summed E-state index contributed by atoms with van der Waals surface area (Å²) in [6.07, 6.45) is 0.860. The Labute approximate surface area is 85.7 Å². The van der Waals surface area contributed by atoms with E-state index < -0.39 is 10.3 Å². The van der Waals surface area contributed by atoms with Crippen LogP contribution in [0.4, 0.5) is 0 Å². The summed E-state index contributed by atoms with van der Waals surface area (Å²) in [5.74, 6) is -0.0343. The van der Waals surface area contributed by atoms with Crippen LogP contribution in [0.1, 0.15) is 5.56 Å². The smallest absolute Gasteiger partial charge is 0.365 e. The molecule has 0 amide bonds. The van der Waals surface area contributed by atoms with E-state index >= 15 is 0 Å². The Morgan fingerprint density at radius 1 is 1.27 bits per heavy atom. The highest BCUT2D eigenvalue weighted by molar-refractivity contribution is 7.85. The maximum Gasteiger partial charge on any atom is 0.439 e. The highest BCUT2D eigenvalue weighted by atomic mass is 32.2. The third-order valence-electron chi connectivity index (χ3n) is 1.33. The van der Waals surface area contributed by atoms with Crippen LogP contribution >= 0.6 is 0 Å². The zero-order valence-corrected chi connectivity index (χ0v) is 8.06. The molecule has 0 saturated carbocycles. The average molecular weight is 224 g/mol. The van der Waals surface area contributed by atoms with Gasteiger partial charge >= 0.3 is 10.3 Å². The molecule has 0 unspecified atom stereocenters. The monoisotopic (exact) mass is 224 g/mol. The summed E-state index contributed by atoms with van der Waals surface area (Å²) in [6.45, 7) is 0. The zero-order valence-electron chi connectivity index (χ0n) is 7.25. The summed E-state index contributed by atoms with van der Waals surface area (Å²) < 4.78 is 28.5. The van der Waals surface area contributed by atoms with Crippen molar-refractivity contribution in [1.82, 2.24) is 0 Å². The lowest BCUT2D eigenvalue weighted by Crippen LogP contribution is -2.04. The standard InChI is InChI=1S/C8H4N2O4S/c9-5-7-1-3-8(4-2-7)14-15(12,13)10-6-11/h1-4H. The Hall–Kier alpha value is -2.16. The molecule has 15 heavy (non-hydrogen) atoms. The Morgan fingerprint density at radius 3 is 2.33 bits per heavy atom. The van der Waals surface area contributed by atoms with Gasteiger partial charge in [0.15, 0.2) is 0 Å². The second kappa shape index (κ2) is 4.37. The molecule has 0 fully saturated rings. The van der Waals surface area contributed by atoms with Gasteiger partial charge in [-0.2, -0.15) is 13.7 Å². The summed E-state index contributed by atoms with van der Waals surface area (Å²) in [6, 6.07) is 7.14. The minimum atomic E-state index is -4.29. The van der Waals surface area contributed by atoms with E-state index in [0.717, 1.165) is 6.08 Å². The van der Waals surface area contributed by atoms with Gasteiger partial charge in [-0.05, 0) is 28.7 Å². The lowest BCUT2D eigenvalue weighted by molar-refractivity contribution is 0.487. The molecule has 0 heterocycles. The molecule has 0 aliphatic rings. The van der Waals surface area contributed by atoms with Gasteiger partial charge in [0.1, 0.15) is 5.75 Å². The van der Waals surface area contributed by atoms with E-state index in [4.69, 9.17) is 5.26 Å². The molecule has 76 valence electrons. The van der Waals surface area contributed by atoms with Crippen molar-refractivity contribution in [2.24, 2.45) is 4.40 Å². The fourth-order valence-corrected chi connectivity index (χ4v) is 1.25. The Kier molecular flexibility index (Phi) is 3.18. The van der Waals surface area contributed by atoms with E-state index in [1.54, 1.807) is 0 Å². The van der Waals surface area contributed by atoms with E-state index in [1.165, 1.54) is 24.3 Å². The van der Waals surface area contributed by atoms with Crippen LogP contribution in [0, 0.1) is 11.3 Å². The van der Waals surface area contributed by atoms with E-state index in [0.29, 0.717) is 5.56 Å². The van der Waals surface area contributed by atoms with Gasteiger partial charge in [-0.15, -0.1) is 0 Å². The van der Waals surface area contributed by atoms with Crippen molar-refractivity contribution in [2.45, 2.75) is 0 Å². The number of rotatable bonds is 3. The molecular formula is C8H4N2O4S. The predicted octanol–water partition coefficient (Wildman–Crippen LogP) is 0.518. The van der Waals surface area contributed by atoms with Crippen LogP contribution in [0.5, 0.6) is 5.75 Å². The minimum absolute atomic E-state index is 0.0343. The second-order valence-corrected chi connectivity index (χ2v) is 3.53. The molecule has 0 spiro atoms. The van der Waals surface area contributed by atoms with Crippen molar-refractivity contribution in [2.75, 3.05) is 0 Å². The molecule has 0 radical (unpaired) electrons. The molecule has 1 aromatic carbocycles. The third-order valence-corrected chi connectivity index (χ3v) is 2.04. The summed E-state index contributed by atoms with van der Waals surface area (Å²) in [5, 5.41) is 8.47. The van der Waals surface area contributed by atoms with Gasteiger partial charge in [0.05, 0.1) is 11.6 Å². The van der Waals surface area contributed by atoms with E-state index in [9.17, 15) is 13.2 Å². The van der Waals surface area contributed by atoms with Gasteiger partial charge in [0.25, 0.3) is 6.08 Å². The average Bonchev–Trinajstić information content (AvgIpc) is 2.18. The van der Waals surface area contributed by atoms with E-state index in [-0.39, 0.29) is 5.75 Å². The topological polar surface area (TPSA) is 96.6 Å². The van der Waals surface area contributed by atoms with Crippen molar-refractivity contribution < 1.29 is 17.4 Å². The third kappa shape index (κ3) is 3.23. The summed E-state index contributed by atoms with van der Waals surface area (Å²) in [4.78, 5) is 9.72. The van der Waals surface area contributed by atoms with Crippen molar-refractivity contribution in [3.05, 3.63) is 29.8 Å². The van der Waals surface area contributed by atoms with E-state index in [2.05, 4.69) is 8.58 Å². The Morgan fingerprint density at radius 2 is 1.87 bits per heavy atom. The molecule has 0 atom stereocenters. The summed E-state index contributed by atoms with van der Waals surface area (Å²) >= 11 is 0. The maximum atomic E-state index is 10.8. The number of hydrogen-bond acceptors (Lipinski definition) is 5. The largest absolute Gasteiger partial charge is 0.439 e. The van der Waals surface area contributed by atoms with Crippen LogP contribution in [-0.4, -0.2) is 14.5 Å². The molecule has 0 aliphatic carbocycles. The number of hydrogen-bond donors (Lipinski definition) is 0. The number of benzene rings is 1. The van der Waals surface area contributed by atoms with Crippen LogP contribution in [0.3, 0.4) is 0 Å². The first-order valence-corrected chi connectivity index (χ1v) is 4.97. The molecule has 0 saturated heterocycles. The number of nitriles is 1. The lowest BCUT2D eigenvalue weighted by Gasteiger charge is -1.99. The molecule has 0 aromatic heterocycles. The lowest BCUT2D eigenvalue weighted by atomic mass is 10.2. The number of carbonyl (C=O) groups excluding carboxylic acids is 1. The van der Waals surface area contributed by atoms with Crippen LogP contribution in [-0.2, 0) is 15.1 Å². The van der Waals surface area contributed by atoms with Gasteiger partial charge in [-0.1, -0.05) is 0 Å². The van der Waals surface area contributed by atoms with Gasteiger partial charge in [0.2, 0.25) is 0 Å². The molecule has 7 heteroatoms. The van der Waals surface area contributed by atoms with Crippen LogP contribution < -0.4 is 4.18 Å². The maximum absolute atomic E-state index is 10.8. The first-order chi connectivity index (χ1) is 7.07. The molecule has 0 bridgehead atoms. The second-order valence-electron chi connectivity index (χ2n) is 2.33. The fraction of sp³-hybridized carbons (Fsp3) is 0. The molecular weight excluding hydrogens is 220 g/mol. The molecule has 1 rings (SSSR count). The van der Waals surface area contributed by atoms with Gasteiger partial charge in [0, 0.05) is 0 Å². The van der Waals surface area contributed by atoms with Gasteiger partial charge in [-0.25, -0.2) is 4.79 Å². The minimum Gasteiger partial charge on any atom is -0.365 e. The molecule has 0 aliphatic heterocycles. The quantitative estimate of drug-likeness (QED) is 0.550. The molecule has 6 nitrogen and oxygen atoms in total. The highest BCUT2D eigenvalue weighted by Gasteiger charge is 2.09. The van der Waals surface area contributed by atoms with Gasteiger partial charge < -0.3 is 4.18 Å². The predicted molar refractivity (Wildman–Crippen MR) is 48.8 cm³/mol. The van der Waals surface area contributed by atoms with Gasteiger partial charge in [-0.3, -0.25) is 0 Å². The van der Waals surface area contributed by atoms with Crippen LogP contribution in [0.25, 0.3) is 0 Å².